The van der Waals surface area contributed by atoms with Crippen LogP contribution < -0.4 is 15.6 Å². The first-order valence-corrected chi connectivity index (χ1v) is 4.61. The van der Waals surface area contributed by atoms with Crippen molar-refractivity contribution in [3.8, 4) is 5.75 Å². The van der Waals surface area contributed by atoms with Crippen LogP contribution in [-0.2, 0) is 11.2 Å². The van der Waals surface area contributed by atoms with Crippen LogP contribution >= 0.6 is 0 Å². The third-order valence-corrected chi connectivity index (χ3v) is 2.18. The molecule has 0 saturated carbocycles. The number of carbonyl (C=O) groups is 1. The zero-order valence-corrected chi connectivity index (χ0v) is 7.75. The summed E-state index contributed by atoms with van der Waals surface area (Å²) in [4.78, 5) is 10.1. The van der Waals surface area contributed by atoms with Crippen molar-refractivity contribution in [3.05, 3.63) is 23.8 Å². The summed E-state index contributed by atoms with van der Waals surface area (Å²) in [5, 5.41) is 0. The minimum atomic E-state index is 0.607. The molecule has 1 aliphatic heterocycles. The lowest BCUT2D eigenvalue weighted by Gasteiger charge is -2.17. The first kappa shape index (κ1) is 8.87. The number of hydrogen-bond donors (Lipinski definition) is 2. The summed E-state index contributed by atoms with van der Waals surface area (Å²) < 4.78 is 5.47. The van der Waals surface area contributed by atoms with Crippen molar-refractivity contribution in [1.82, 2.24) is 5.43 Å². The van der Waals surface area contributed by atoms with Gasteiger partial charge in [-0.1, -0.05) is 0 Å². The fourth-order valence-corrected chi connectivity index (χ4v) is 1.55. The van der Waals surface area contributed by atoms with Gasteiger partial charge in [-0.15, -0.1) is 0 Å². The lowest BCUT2D eigenvalue weighted by atomic mass is 10.1. The van der Waals surface area contributed by atoms with Crippen LogP contribution in [0, 0.1) is 0 Å². The maximum absolute atomic E-state index is 10.1. The zero-order chi connectivity index (χ0) is 9.80. The summed E-state index contributed by atoms with van der Waals surface area (Å²) in [5.74, 6) is 0.952. The minimum absolute atomic E-state index is 0.607. The summed E-state index contributed by atoms with van der Waals surface area (Å²) in [5.41, 5.74) is 7.24. The van der Waals surface area contributed by atoms with Crippen LogP contribution in [-0.4, -0.2) is 13.0 Å². The number of fused-ring (bicyclic) bond motifs is 1. The van der Waals surface area contributed by atoms with Gasteiger partial charge in [-0.2, -0.15) is 0 Å². The molecule has 2 rings (SSSR count). The van der Waals surface area contributed by atoms with E-state index in [-0.39, 0.29) is 0 Å². The Bertz CT molecular complexity index is 339. The highest BCUT2D eigenvalue weighted by atomic mass is 16.5. The highest BCUT2D eigenvalue weighted by molar-refractivity contribution is 5.56. The maximum atomic E-state index is 10.1. The molecule has 0 radical (unpaired) electrons. The first-order chi connectivity index (χ1) is 6.90. The molecule has 1 aromatic carbocycles. The molecule has 0 spiro atoms. The summed E-state index contributed by atoms with van der Waals surface area (Å²) in [6.07, 6.45) is 2.69. The maximum Gasteiger partial charge on any atom is 0.225 e. The van der Waals surface area contributed by atoms with E-state index in [1.165, 1.54) is 5.56 Å². The molecule has 0 aliphatic carbocycles. The smallest absolute Gasteiger partial charge is 0.225 e. The molecule has 74 valence electrons. The molecule has 1 aliphatic rings. The quantitative estimate of drug-likeness (QED) is 0.556. The second-order valence-corrected chi connectivity index (χ2v) is 3.16. The number of anilines is 1. The molecule has 4 heteroatoms. The van der Waals surface area contributed by atoms with Gasteiger partial charge in [0.25, 0.3) is 0 Å². The van der Waals surface area contributed by atoms with Crippen LogP contribution in [0.5, 0.6) is 5.75 Å². The topological polar surface area (TPSA) is 50.4 Å². The second-order valence-electron chi connectivity index (χ2n) is 3.16. The van der Waals surface area contributed by atoms with Crippen LogP contribution in [0.25, 0.3) is 0 Å². The Balaban J connectivity index is 2.16. The summed E-state index contributed by atoms with van der Waals surface area (Å²) in [6.45, 7) is 0.798. The molecule has 0 aromatic heterocycles. The number of rotatable bonds is 3. The number of nitrogens with one attached hydrogen (secondary N) is 2. The van der Waals surface area contributed by atoms with Gasteiger partial charge in [0.2, 0.25) is 6.41 Å². The van der Waals surface area contributed by atoms with Crippen LogP contribution in [0.3, 0.4) is 0 Å². The Labute approximate surface area is 82.2 Å². The third kappa shape index (κ3) is 1.79. The minimum Gasteiger partial charge on any atom is -0.493 e. The SMILES string of the molecule is O=CNNc1ccc2c(c1)CCCO2. The van der Waals surface area contributed by atoms with E-state index in [1.807, 2.05) is 18.2 Å². The number of carbonyl (C=O) groups excluding carboxylic acids is 1. The van der Waals surface area contributed by atoms with E-state index in [9.17, 15) is 4.79 Å². The van der Waals surface area contributed by atoms with Crippen molar-refractivity contribution < 1.29 is 9.53 Å². The Morgan fingerprint density at radius 2 is 2.36 bits per heavy atom. The molecule has 14 heavy (non-hydrogen) atoms. The molecule has 1 heterocycles. The van der Waals surface area contributed by atoms with Gasteiger partial charge >= 0.3 is 0 Å². The standard InChI is InChI=1S/C10H12N2O2/c13-7-11-12-9-3-4-10-8(6-9)2-1-5-14-10/h3-4,6-7,12H,1-2,5H2,(H,11,13). The van der Waals surface area contributed by atoms with Crippen LogP contribution in [0.15, 0.2) is 18.2 Å². The monoisotopic (exact) mass is 192 g/mol. The zero-order valence-electron chi connectivity index (χ0n) is 7.75. The second kappa shape index (κ2) is 4.00. The fourth-order valence-electron chi connectivity index (χ4n) is 1.55. The summed E-state index contributed by atoms with van der Waals surface area (Å²) in [7, 11) is 0. The number of benzene rings is 1. The number of hydrogen-bond acceptors (Lipinski definition) is 3. The van der Waals surface area contributed by atoms with Crippen LogP contribution in [0.1, 0.15) is 12.0 Å². The Morgan fingerprint density at radius 1 is 1.43 bits per heavy atom. The van der Waals surface area contributed by atoms with Crippen molar-refractivity contribution in [1.29, 1.82) is 0 Å². The van der Waals surface area contributed by atoms with Crippen LogP contribution in [0.4, 0.5) is 5.69 Å². The van der Waals surface area contributed by atoms with Gasteiger partial charge in [-0.25, -0.2) is 0 Å². The number of aryl methyl sites for hydroxylation is 1. The van der Waals surface area contributed by atoms with Crippen molar-refractivity contribution in [3.63, 3.8) is 0 Å². The van der Waals surface area contributed by atoms with E-state index in [2.05, 4.69) is 10.9 Å². The predicted molar refractivity (Wildman–Crippen MR) is 53.1 cm³/mol. The van der Waals surface area contributed by atoms with Crippen molar-refractivity contribution in [2.45, 2.75) is 12.8 Å². The molecule has 0 fully saturated rings. The average molecular weight is 192 g/mol. The largest absolute Gasteiger partial charge is 0.493 e. The van der Waals surface area contributed by atoms with E-state index < -0.39 is 0 Å². The van der Waals surface area contributed by atoms with Crippen LogP contribution in [0.2, 0.25) is 0 Å². The Kier molecular flexibility index (Phi) is 2.53. The molecule has 0 atom stereocenters. The van der Waals surface area contributed by atoms with Gasteiger partial charge in [-0.3, -0.25) is 15.6 Å². The highest BCUT2D eigenvalue weighted by Gasteiger charge is 2.09. The normalized spacial score (nSPS) is 13.7. The van der Waals surface area contributed by atoms with Gasteiger partial charge in [-0.05, 0) is 36.6 Å². The Hall–Kier alpha value is -1.71. The van der Waals surface area contributed by atoms with E-state index in [1.54, 1.807) is 0 Å². The molecule has 0 unspecified atom stereocenters. The summed E-state index contributed by atoms with van der Waals surface area (Å²) in [6, 6.07) is 5.79. The number of amides is 1. The predicted octanol–water partition coefficient (Wildman–Crippen LogP) is 1.08. The van der Waals surface area contributed by atoms with Crippen molar-refractivity contribution >= 4 is 12.1 Å². The molecule has 0 saturated heterocycles. The number of ether oxygens (including phenoxy) is 1. The highest BCUT2D eigenvalue weighted by Crippen LogP contribution is 2.26. The molecule has 1 amide bonds. The summed E-state index contributed by atoms with van der Waals surface area (Å²) >= 11 is 0. The first-order valence-electron chi connectivity index (χ1n) is 4.61. The van der Waals surface area contributed by atoms with Crippen molar-refractivity contribution in [2.24, 2.45) is 0 Å². The van der Waals surface area contributed by atoms with Gasteiger partial charge < -0.3 is 4.74 Å². The Morgan fingerprint density at radius 3 is 3.21 bits per heavy atom. The fraction of sp³-hybridized carbons (Fsp3) is 0.300. The van der Waals surface area contributed by atoms with Gasteiger partial charge in [0, 0.05) is 0 Å². The molecule has 0 bridgehead atoms. The molecular weight excluding hydrogens is 180 g/mol. The molecule has 2 N–H and O–H groups in total. The number of hydrazine groups is 1. The average Bonchev–Trinajstić information content (AvgIpc) is 2.26. The van der Waals surface area contributed by atoms with Gasteiger partial charge in [0.05, 0.1) is 12.3 Å². The molecule has 1 aromatic rings. The van der Waals surface area contributed by atoms with E-state index >= 15 is 0 Å². The lowest BCUT2D eigenvalue weighted by Crippen LogP contribution is -2.19. The van der Waals surface area contributed by atoms with Gasteiger partial charge in [0.15, 0.2) is 0 Å². The lowest BCUT2D eigenvalue weighted by molar-refractivity contribution is -0.109. The van der Waals surface area contributed by atoms with E-state index in [0.29, 0.717) is 6.41 Å². The molecule has 4 nitrogen and oxygen atoms in total. The van der Waals surface area contributed by atoms with E-state index in [4.69, 9.17) is 4.74 Å². The molecular formula is C10H12N2O2. The van der Waals surface area contributed by atoms with E-state index in [0.717, 1.165) is 30.9 Å². The van der Waals surface area contributed by atoms with Gasteiger partial charge in [0.1, 0.15) is 5.75 Å². The van der Waals surface area contributed by atoms with Crippen molar-refractivity contribution in [2.75, 3.05) is 12.0 Å². The third-order valence-electron chi connectivity index (χ3n) is 2.18.